The van der Waals surface area contributed by atoms with Crippen LogP contribution in [-0.4, -0.2) is 24.7 Å². The Morgan fingerprint density at radius 2 is 2.11 bits per heavy atom. The Morgan fingerprint density at radius 3 is 2.83 bits per heavy atom. The average Bonchev–Trinajstić information content (AvgIpc) is 2.35. The Balaban J connectivity index is 0.00000162. The summed E-state index contributed by atoms with van der Waals surface area (Å²) in [6.45, 7) is 3.88. The van der Waals surface area contributed by atoms with Crippen LogP contribution in [-0.2, 0) is 50.3 Å². The quantitative estimate of drug-likeness (QED) is 0.618. The van der Waals surface area contributed by atoms with E-state index >= 15 is 0 Å². The van der Waals surface area contributed by atoms with Gasteiger partial charge in [-0.2, -0.15) is 6.42 Å². The standard InChI is InChI=1S/C14H17BNO.Y/c1-2-11-5-3-6-12(9-11)10-13-7-4-8-14(17)16(13)15;/h3,5-6,9,13H,1-2,4,7-8,10H2;/q-1;. The van der Waals surface area contributed by atoms with E-state index in [1.165, 1.54) is 15.9 Å². The molecule has 2 nitrogen and oxygen atoms in total. The molecule has 1 aromatic carbocycles. The summed E-state index contributed by atoms with van der Waals surface area (Å²) < 4.78 is 0. The zero-order valence-corrected chi connectivity index (χ0v) is 13.5. The van der Waals surface area contributed by atoms with E-state index in [1.54, 1.807) is 0 Å². The summed E-state index contributed by atoms with van der Waals surface area (Å²) in [6, 6.07) is 8.51. The van der Waals surface area contributed by atoms with Crippen LogP contribution < -0.4 is 0 Å². The van der Waals surface area contributed by atoms with E-state index in [9.17, 15) is 4.79 Å². The van der Waals surface area contributed by atoms with Gasteiger partial charge in [0.05, 0.1) is 0 Å². The van der Waals surface area contributed by atoms with Gasteiger partial charge >= 0.3 is 0 Å². The van der Waals surface area contributed by atoms with Gasteiger partial charge in [0.1, 0.15) is 0 Å². The molecule has 1 heterocycles. The van der Waals surface area contributed by atoms with Crippen molar-refractivity contribution in [3.05, 3.63) is 42.3 Å². The first-order chi connectivity index (χ1) is 8.20. The molecule has 1 aromatic rings. The van der Waals surface area contributed by atoms with Gasteiger partial charge in [-0.1, -0.05) is 29.8 Å². The van der Waals surface area contributed by atoms with Gasteiger partial charge in [-0.25, -0.2) is 0 Å². The number of rotatable bonds is 3. The summed E-state index contributed by atoms with van der Waals surface area (Å²) in [5.74, 6) is 0.0644. The van der Waals surface area contributed by atoms with Crippen LogP contribution in [0.1, 0.15) is 30.4 Å². The van der Waals surface area contributed by atoms with E-state index in [-0.39, 0.29) is 44.7 Å². The second kappa shape index (κ2) is 7.45. The van der Waals surface area contributed by atoms with Gasteiger partial charge in [0.25, 0.3) is 0 Å². The summed E-state index contributed by atoms with van der Waals surface area (Å²) in [5.41, 5.74) is 2.47. The Morgan fingerprint density at radius 1 is 1.39 bits per heavy atom. The van der Waals surface area contributed by atoms with Crippen LogP contribution in [0.2, 0.25) is 0 Å². The molecule has 1 amide bonds. The molecular weight excluding hydrogens is 298 g/mol. The molecule has 18 heavy (non-hydrogen) atoms. The van der Waals surface area contributed by atoms with Crippen molar-refractivity contribution < 1.29 is 37.5 Å². The van der Waals surface area contributed by atoms with Gasteiger partial charge in [-0.3, -0.25) is 4.79 Å². The molecule has 1 aliphatic rings. The Bertz CT molecular complexity index is 411. The van der Waals surface area contributed by atoms with Crippen molar-refractivity contribution >= 4 is 13.9 Å². The minimum atomic E-state index is 0. The number of benzene rings is 1. The molecule has 1 saturated heterocycles. The third-order valence-electron chi connectivity index (χ3n) is 3.36. The molecule has 3 radical (unpaired) electrons. The maximum atomic E-state index is 11.5. The van der Waals surface area contributed by atoms with Crippen LogP contribution in [0.25, 0.3) is 0 Å². The normalized spacial score (nSPS) is 19.5. The number of hydrogen-bond acceptors (Lipinski definition) is 1. The van der Waals surface area contributed by atoms with E-state index in [0.717, 1.165) is 25.7 Å². The fourth-order valence-corrected chi connectivity index (χ4v) is 2.35. The van der Waals surface area contributed by atoms with Gasteiger partial charge in [0, 0.05) is 45.2 Å². The van der Waals surface area contributed by atoms with Crippen LogP contribution in [0.5, 0.6) is 0 Å². The topological polar surface area (TPSA) is 20.3 Å². The molecule has 4 heteroatoms. The fraction of sp³-hybridized carbons (Fsp3) is 0.429. The first kappa shape index (κ1) is 15.9. The fourth-order valence-electron chi connectivity index (χ4n) is 2.35. The van der Waals surface area contributed by atoms with Crippen LogP contribution >= 0.6 is 0 Å². The monoisotopic (exact) mass is 315 g/mol. The molecule has 1 atom stereocenters. The number of carbonyl (C=O) groups is 1. The smallest absolute Gasteiger partial charge is 0.230 e. The van der Waals surface area contributed by atoms with Crippen molar-refractivity contribution in [2.75, 3.05) is 0 Å². The molecule has 1 unspecified atom stereocenters. The van der Waals surface area contributed by atoms with Crippen LogP contribution in [0.4, 0.5) is 0 Å². The predicted molar refractivity (Wildman–Crippen MR) is 69.4 cm³/mol. The van der Waals surface area contributed by atoms with E-state index in [4.69, 9.17) is 7.98 Å². The molecular formula is C14H17BNOY-. The van der Waals surface area contributed by atoms with Crippen molar-refractivity contribution in [2.45, 2.75) is 38.1 Å². The molecule has 0 aliphatic carbocycles. The van der Waals surface area contributed by atoms with E-state index < -0.39 is 0 Å². The Labute approximate surface area is 136 Å². The maximum absolute atomic E-state index is 11.5. The van der Waals surface area contributed by atoms with E-state index in [2.05, 4.69) is 25.1 Å². The van der Waals surface area contributed by atoms with Gasteiger partial charge in [-0.05, 0) is 24.8 Å². The van der Waals surface area contributed by atoms with Gasteiger partial charge < -0.3 is 11.7 Å². The zero-order valence-electron chi connectivity index (χ0n) is 10.6. The molecule has 91 valence electrons. The number of hydrogen-bond donors (Lipinski definition) is 0. The largest absolute Gasteiger partial charge is 0.394 e. The van der Waals surface area contributed by atoms with Crippen molar-refractivity contribution in [1.82, 2.24) is 4.81 Å². The van der Waals surface area contributed by atoms with Crippen LogP contribution in [0, 0.1) is 6.92 Å². The zero-order chi connectivity index (χ0) is 12.3. The van der Waals surface area contributed by atoms with Gasteiger partial charge in [0.15, 0.2) is 0 Å². The van der Waals surface area contributed by atoms with Crippen LogP contribution in [0.3, 0.4) is 0 Å². The summed E-state index contributed by atoms with van der Waals surface area (Å²) in [7, 11) is 5.81. The Kier molecular flexibility index (Phi) is 6.59. The summed E-state index contributed by atoms with van der Waals surface area (Å²) in [4.78, 5) is 12.9. The van der Waals surface area contributed by atoms with Gasteiger partial charge in [-0.15, -0.1) is 0 Å². The number of amides is 1. The molecule has 1 fully saturated rings. The molecule has 0 bridgehead atoms. The SMILES string of the molecule is [B]N1C(=O)CCCC1Cc1cccc(C[CH2-])c1.[Y]. The summed E-state index contributed by atoms with van der Waals surface area (Å²) >= 11 is 0. The summed E-state index contributed by atoms with van der Waals surface area (Å²) in [6.07, 6.45) is 4.18. The van der Waals surface area contributed by atoms with Crippen molar-refractivity contribution in [3.8, 4) is 0 Å². The summed E-state index contributed by atoms with van der Waals surface area (Å²) in [5, 5.41) is 0. The minimum Gasteiger partial charge on any atom is -0.394 e. The van der Waals surface area contributed by atoms with Crippen molar-refractivity contribution in [3.63, 3.8) is 0 Å². The molecule has 1 aliphatic heterocycles. The number of nitrogens with zero attached hydrogens (tertiary/aromatic N) is 1. The maximum Gasteiger partial charge on any atom is 0.230 e. The number of carbonyl (C=O) groups excluding carboxylic acids is 1. The minimum absolute atomic E-state index is 0. The molecule has 0 spiro atoms. The molecule has 0 saturated carbocycles. The van der Waals surface area contributed by atoms with Crippen molar-refractivity contribution in [1.29, 1.82) is 0 Å². The van der Waals surface area contributed by atoms with Crippen LogP contribution in [0.15, 0.2) is 24.3 Å². The molecule has 0 aromatic heterocycles. The van der Waals surface area contributed by atoms with E-state index in [0.29, 0.717) is 6.42 Å². The third kappa shape index (κ3) is 3.93. The molecule has 2 rings (SSSR count). The first-order valence-electron chi connectivity index (χ1n) is 6.14. The second-order valence-corrected chi connectivity index (χ2v) is 4.62. The van der Waals surface area contributed by atoms with E-state index in [1.807, 2.05) is 6.07 Å². The predicted octanol–water partition coefficient (Wildman–Crippen LogP) is 2.07. The Hall–Kier alpha value is -0.141. The van der Waals surface area contributed by atoms with Crippen molar-refractivity contribution in [2.24, 2.45) is 0 Å². The number of piperidine rings is 1. The average molecular weight is 315 g/mol. The molecule has 0 N–H and O–H groups in total. The second-order valence-electron chi connectivity index (χ2n) is 4.62. The van der Waals surface area contributed by atoms with Gasteiger partial charge in [0.2, 0.25) is 13.9 Å². The first-order valence-corrected chi connectivity index (χ1v) is 6.14. The third-order valence-corrected chi connectivity index (χ3v) is 3.36.